The quantitative estimate of drug-likeness (QED) is 0.727. The smallest absolute Gasteiger partial charge is 0.319 e. The molecule has 1 atom stereocenters. The predicted octanol–water partition coefficient (Wildman–Crippen LogP) is 2.39. The number of hydrogen-bond donors (Lipinski definition) is 3. The van der Waals surface area contributed by atoms with Gasteiger partial charge in [0.05, 0.1) is 11.8 Å². The third-order valence-electron chi connectivity index (χ3n) is 4.49. The highest BCUT2D eigenvalue weighted by molar-refractivity contribution is 5.97. The Labute approximate surface area is 160 Å². The molecule has 1 aromatic carbocycles. The SMILES string of the molecule is Cc1coc(CC(=O)O)c1C(=O)N1CCC(NC(=O)Nc2ccc(F)cc2)C1. The second-order valence-electron chi connectivity index (χ2n) is 6.63. The van der Waals surface area contributed by atoms with Crippen molar-refractivity contribution < 1.29 is 28.3 Å². The van der Waals surface area contributed by atoms with Gasteiger partial charge in [0, 0.05) is 30.4 Å². The molecule has 3 amide bonds. The number of benzene rings is 1. The van der Waals surface area contributed by atoms with Crippen molar-refractivity contribution in [3.63, 3.8) is 0 Å². The van der Waals surface area contributed by atoms with E-state index in [2.05, 4.69) is 10.6 Å². The summed E-state index contributed by atoms with van der Waals surface area (Å²) in [5.41, 5.74) is 1.29. The zero-order chi connectivity index (χ0) is 20.3. The molecule has 3 rings (SSSR count). The van der Waals surface area contributed by atoms with Gasteiger partial charge in [0.1, 0.15) is 18.0 Å². The lowest BCUT2D eigenvalue weighted by Crippen LogP contribution is -2.40. The minimum atomic E-state index is -1.08. The number of nitrogens with one attached hydrogen (secondary N) is 2. The van der Waals surface area contributed by atoms with Gasteiger partial charge in [-0.2, -0.15) is 0 Å². The van der Waals surface area contributed by atoms with E-state index in [4.69, 9.17) is 9.52 Å². The zero-order valence-corrected chi connectivity index (χ0v) is 15.2. The number of likely N-dealkylation sites (tertiary alicyclic amines) is 1. The van der Waals surface area contributed by atoms with Crippen LogP contribution in [0.4, 0.5) is 14.9 Å². The fourth-order valence-electron chi connectivity index (χ4n) is 3.16. The van der Waals surface area contributed by atoms with Crippen LogP contribution in [0.5, 0.6) is 0 Å². The highest BCUT2D eigenvalue weighted by Crippen LogP contribution is 2.22. The molecule has 1 aliphatic heterocycles. The van der Waals surface area contributed by atoms with Crippen molar-refractivity contribution in [3.05, 3.63) is 53.2 Å². The lowest BCUT2D eigenvalue weighted by atomic mass is 10.1. The van der Waals surface area contributed by atoms with Gasteiger partial charge in [-0.1, -0.05) is 0 Å². The first kappa shape index (κ1) is 19.4. The van der Waals surface area contributed by atoms with E-state index in [0.717, 1.165) is 0 Å². The lowest BCUT2D eigenvalue weighted by Gasteiger charge is -2.18. The summed E-state index contributed by atoms with van der Waals surface area (Å²) in [5.74, 6) is -1.67. The second kappa shape index (κ2) is 8.12. The number of hydrogen-bond acceptors (Lipinski definition) is 4. The Morgan fingerprint density at radius 3 is 2.68 bits per heavy atom. The van der Waals surface area contributed by atoms with Crippen LogP contribution in [0, 0.1) is 12.7 Å². The average Bonchev–Trinajstić information content (AvgIpc) is 3.23. The molecule has 1 unspecified atom stereocenters. The average molecular weight is 389 g/mol. The van der Waals surface area contributed by atoms with E-state index in [9.17, 15) is 18.8 Å². The van der Waals surface area contributed by atoms with Crippen LogP contribution in [0.15, 0.2) is 34.9 Å². The van der Waals surface area contributed by atoms with Gasteiger partial charge in [0.15, 0.2) is 0 Å². The van der Waals surface area contributed by atoms with E-state index < -0.39 is 17.8 Å². The molecule has 28 heavy (non-hydrogen) atoms. The number of carboxylic acid groups (broad SMARTS) is 1. The van der Waals surface area contributed by atoms with Crippen molar-refractivity contribution in [3.8, 4) is 0 Å². The number of carboxylic acids is 1. The molecule has 2 heterocycles. The lowest BCUT2D eigenvalue weighted by molar-refractivity contribution is -0.136. The topological polar surface area (TPSA) is 112 Å². The van der Waals surface area contributed by atoms with E-state index in [1.165, 1.54) is 30.5 Å². The molecule has 0 radical (unpaired) electrons. The summed E-state index contributed by atoms with van der Waals surface area (Å²) in [6, 6.07) is 4.69. The van der Waals surface area contributed by atoms with Gasteiger partial charge in [-0.25, -0.2) is 9.18 Å². The molecule has 1 saturated heterocycles. The zero-order valence-electron chi connectivity index (χ0n) is 15.2. The maximum absolute atomic E-state index is 12.9. The van der Waals surface area contributed by atoms with Crippen LogP contribution >= 0.6 is 0 Å². The van der Waals surface area contributed by atoms with Crippen LogP contribution in [-0.2, 0) is 11.2 Å². The Balaban J connectivity index is 1.58. The fourth-order valence-corrected chi connectivity index (χ4v) is 3.16. The summed E-state index contributed by atoms with van der Waals surface area (Å²) in [4.78, 5) is 37.4. The summed E-state index contributed by atoms with van der Waals surface area (Å²) in [5, 5.41) is 14.4. The second-order valence-corrected chi connectivity index (χ2v) is 6.63. The van der Waals surface area contributed by atoms with Crippen LogP contribution in [0.3, 0.4) is 0 Å². The maximum atomic E-state index is 12.9. The standard InChI is InChI=1S/C19H20FN3O5/c1-11-10-28-15(8-16(24)25)17(11)18(26)23-7-6-14(9-23)22-19(27)21-13-4-2-12(20)3-5-13/h2-5,10,14H,6-9H2,1H3,(H,24,25)(H2,21,22,27). The van der Waals surface area contributed by atoms with Gasteiger partial charge in [-0.05, 0) is 37.6 Å². The molecule has 8 nitrogen and oxygen atoms in total. The van der Waals surface area contributed by atoms with Crippen LogP contribution in [0.1, 0.15) is 28.1 Å². The fraction of sp³-hybridized carbons (Fsp3) is 0.316. The van der Waals surface area contributed by atoms with Crippen LogP contribution < -0.4 is 10.6 Å². The van der Waals surface area contributed by atoms with E-state index >= 15 is 0 Å². The Morgan fingerprint density at radius 1 is 1.29 bits per heavy atom. The predicted molar refractivity (Wildman–Crippen MR) is 97.6 cm³/mol. The number of aliphatic carboxylic acids is 1. The molecule has 3 N–H and O–H groups in total. The molecule has 1 aromatic heterocycles. The van der Waals surface area contributed by atoms with Crippen molar-refractivity contribution in [2.75, 3.05) is 18.4 Å². The van der Waals surface area contributed by atoms with E-state index in [0.29, 0.717) is 30.8 Å². The van der Waals surface area contributed by atoms with Gasteiger partial charge in [0.2, 0.25) is 0 Å². The van der Waals surface area contributed by atoms with E-state index in [1.54, 1.807) is 11.8 Å². The first-order chi connectivity index (χ1) is 13.3. The van der Waals surface area contributed by atoms with E-state index in [1.807, 2.05) is 0 Å². The summed E-state index contributed by atoms with van der Waals surface area (Å²) in [7, 11) is 0. The normalized spacial score (nSPS) is 16.1. The summed E-state index contributed by atoms with van der Waals surface area (Å²) < 4.78 is 18.1. The molecule has 0 aliphatic carbocycles. The van der Waals surface area contributed by atoms with Crippen LogP contribution in [0.25, 0.3) is 0 Å². The maximum Gasteiger partial charge on any atom is 0.319 e. The molecular weight excluding hydrogens is 369 g/mol. The molecule has 1 aliphatic rings. The van der Waals surface area contributed by atoms with Crippen molar-refractivity contribution in [1.82, 2.24) is 10.2 Å². The van der Waals surface area contributed by atoms with Crippen LogP contribution in [-0.4, -0.2) is 47.0 Å². The Bertz CT molecular complexity index is 893. The first-order valence-corrected chi connectivity index (χ1v) is 8.74. The minimum absolute atomic E-state index is 0.125. The Morgan fingerprint density at radius 2 is 2.00 bits per heavy atom. The van der Waals surface area contributed by atoms with Gasteiger partial charge in [-0.3, -0.25) is 9.59 Å². The molecule has 0 saturated carbocycles. The first-order valence-electron chi connectivity index (χ1n) is 8.74. The van der Waals surface area contributed by atoms with Crippen molar-refractivity contribution in [2.45, 2.75) is 25.8 Å². The Kier molecular flexibility index (Phi) is 5.62. The number of carbonyl (C=O) groups excluding carboxylic acids is 2. The minimum Gasteiger partial charge on any atom is -0.481 e. The number of halogens is 1. The van der Waals surface area contributed by atoms with Crippen molar-refractivity contribution in [2.24, 2.45) is 0 Å². The third kappa shape index (κ3) is 4.48. The number of anilines is 1. The van der Waals surface area contributed by atoms with Crippen molar-refractivity contribution >= 4 is 23.6 Å². The molecule has 1 fully saturated rings. The van der Waals surface area contributed by atoms with Gasteiger partial charge >= 0.3 is 12.0 Å². The molecule has 9 heteroatoms. The molecule has 0 spiro atoms. The van der Waals surface area contributed by atoms with Gasteiger partial charge in [0.25, 0.3) is 5.91 Å². The highest BCUT2D eigenvalue weighted by atomic mass is 19.1. The largest absolute Gasteiger partial charge is 0.481 e. The monoisotopic (exact) mass is 389 g/mol. The number of nitrogens with zero attached hydrogens (tertiary/aromatic N) is 1. The molecule has 148 valence electrons. The van der Waals surface area contributed by atoms with Gasteiger partial charge < -0.3 is 25.1 Å². The summed E-state index contributed by atoms with van der Waals surface area (Å²) in [6.45, 7) is 2.41. The third-order valence-corrected chi connectivity index (χ3v) is 4.49. The van der Waals surface area contributed by atoms with E-state index in [-0.39, 0.29) is 29.7 Å². The van der Waals surface area contributed by atoms with Crippen LogP contribution in [0.2, 0.25) is 0 Å². The highest BCUT2D eigenvalue weighted by Gasteiger charge is 2.31. The molecule has 0 bridgehead atoms. The Hall–Kier alpha value is -3.36. The number of aryl methyl sites for hydroxylation is 1. The number of carbonyl (C=O) groups is 3. The summed E-state index contributed by atoms with van der Waals surface area (Å²) in [6.07, 6.45) is 1.56. The summed E-state index contributed by atoms with van der Waals surface area (Å²) >= 11 is 0. The number of amides is 3. The van der Waals surface area contributed by atoms with Gasteiger partial charge in [-0.15, -0.1) is 0 Å². The molecule has 2 aromatic rings. The number of rotatable bonds is 5. The number of furan rings is 1. The van der Waals surface area contributed by atoms with Crippen molar-refractivity contribution in [1.29, 1.82) is 0 Å². The molecular formula is C19H20FN3O5. The number of urea groups is 1.